The molecular formula is C12H22N2O8S6. The Labute approximate surface area is 191 Å². The third kappa shape index (κ3) is 23.4. The van der Waals surface area contributed by atoms with E-state index in [2.05, 4.69) is 49.7 Å². The average Bonchev–Trinajstić information content (AvgIpc) is 2.46. The van der Waals surface area contributed by atoms with Gasteiger partial charge < -0.3 is 32.7 Å². The summed E-state index contributed by atoms with van der Waals surface area (Å²) in [6.07, 6.45) is -0.257. The lowest BCUT2D eigenvalue weighted by molar-refractivity contribution is -0.140. The van der Waals surface area contributed by atoms with Crippen LogP contribution in [0, 0.1) is 0 Å². The molecule has 0 rings (SSSR count). The number of hydrogen-bond donors (Lipinski definition) is 8. The predicted octanol–water partition coefficient (Wildman–Crippen LogP) is 2.83. The van der Waals surface area contributed by atoms with Crippen molar-refractivity contribution in [1.29, 1.82) is 0 Å². The van der Waals surface area contributed by atoms with E-state index in [1.807, 2.05) is 0 Å². The minimum Gasteiger partial charge on any atom is -0.481 e. The van der Waals surface area contributed by atoms with Crippen LogP contribution in [0.5, 0.6) is 0 Å². The van der Waals surface area contributed by atoms with Crippen LogP contribution in [0.1, 0.15) is 25.7 Å². The molecule has 16 heteroatoms. The molecule has 0 spiro atoms. The second-order valence-corrected chi connectivity index (χ2v) is 10.2. The zero-order chi connectivity index (χ0) is 20.9. The first-order valence-electron chi connectivity index (χ1n) is 6.55. The molecular weight excluding hydrogens is 493 g/mol. The Morgan fingerprint density at radius 2 is 0.964 bits per heavy atom. The number of hydrogen-bond acceptors (Lipinski definition) is 10. The van der Waals surface area contributed by atoms with Crippen LogP contribution in [0.4, 0.5) is 0 Å². The number of carboxylic acids is 4. The standard InChI is InChI=1S/2C6H8O4S3.2H3N/c2*7-4(8)2-1-3(5(9)10)13-6(11)12;;/h2*3H,1-2H2,(H,7,8)(H,9,10)(H,11,12);2*1H3. The van der Waals surface area contributed by atoms with Gasteiger partial charge in [-0.25, -0.2) is 0 Å². The molecule has 0 amide bonds. The summed E-state index contributed by atoms with van der Waals surface area (Å²) < 4.78 is 0.413. The van der Waals surface area contributed by atoms with Crippen molar-refractivity contribution in [2.75, 3.05) is 0 Å². The molecule has 0 bridgehead atoms. The van der Waals surface area contributed by atoms with Crippen molar-refractivity contribution in [3.05, 3.63) is 0 Å². The van der Waals surface area contributed by atoms with Crippen molar-refractivity contribution in [3.8, 4) is 0 Å². The molecule has 164 valence electrons. The molecule has 0 fully saturated rings. The van der Waals surface area contributed by atoms with Crippen LogP contribution in [0.2, 0.25) is 0 Å². The highest BCUT2D eigenvalue weighted by molar-refractivity contribution is 8.42. The van der Waals surface area contributed by atoms with Gasteiger partial charge >= 0.3 is 23.9 Å². The Hall–Kier alpha value is -0.620. The van der Waals surface area contributed by atoms with Gasteiger partial charge in [0.2, 0.25) is 0 Å². The average molecular weight is 515 g/mol. The molecule has 0 aliphatic rings. The van der Waals surface area contributed by atoms with Crippen LogP contribution in [-0.4, -0.2) is 61.9 Å². The first-order valence-corrected chi connectivity index (χ1v) is 10.0. The highest BCUT2D eigenvalue weighted by atomic mass is 32.2. The molecule has 0 aromatic carbocycles. The first-order chi connectivity index (χ1) is 11.9. The smallest absolute Gasteiger partial charge is 0.317 e. The molecule has 0 aromatic heterocycles. The Bertz CT molecular complexity index is 514. The van der Waals surface area contributed by atoms with E-state index in [1.54, 1.807) is 0 Å². The monoisotopic (exact) mass is 514 g/mol. The first kappa shape index (κ1) is 34.9. The maximum atomic E-state index is 10.5. The Kier molecular flexibility index (Phi) is 24.5. The molecule has 0 radical (unpaired) electrons. The topological polar surface area (TPSA) is 219 Å². The number of thiol groups is 2. The van der Waals surface area contributed by atoms with E-state index >= 15 is 0 Å². The summed E-state index contributed by atoms with van der Waals surface area (Å²) in [4.78, 5) is 41.4. The van der Waals surface area contributed by atoms with E-state index < -0.39 is 34.4 Å². The van der Waals surface area contributed by atoms with Crippen molar-refractivity contribution in [2.24, 2.45) is 0 Å². The van der Waals surface area contributed by atoms with Crippen molar-refractivity contribution in [2.45, 2.75) is 36.2 Å². The van der Waals surface area contributed by atoms with E-state index in [1.165, 1.54) is 0 Å². The lowest BCUT2D eigenvalue weighted by Crippen LogP contribution is -2.18. The summed E-state index contributed by atoms with van der Waals surface area (Å²) in [5.74, 6) is -4.17. The van der Waals surface area contributed by atoms with Crippen LogP contribution in [-0.2, 0) is 19.2 Å². The SMILES string of the molecule is N.N.O=C(O)CCC(SC(=S)S)C(=O)O.O=C(O)CCC(SC(=S)S)C(=O)O. The number of aliphatic carboxylic acids is 4. The Morgan fingerprint density at radius 3 is 1.11 bits per heavy atom. The minimum atomic E-state index is -1.07. The minimum absolute atomic E-state index is 0. The van der Waals surface area contributed by atoms with E-state index in [0.717, 1.165) is 23.5 Å². The molecule has 0 aromatic rings. The third-order valence-corrected chi connectivity index (χ3v) is 5.33. The molecule has 0 saturated heterocycles. The summed E-state index contributed by atoms with van der Waals surface area (Å²) in [6.45, 7) is 0. The van der Waals surface area contributed by atoms with Gasteiger partial charge in [-0.1, -0.05) is 48.0 Å². The fourth-order valence-corrected chi connectivity index (χ4v) is 3.84. The lowest BCUT2D eigenvalue weighted by atomic mass is 10.2. The van der Waals surface area contributed by atoms with E-state index in [9.17, 15) is 19.2 Å². The molecule has 0 aliphatic heterocycles. The van der Waals surface area contributed by atoms with Crippen LogP contribution in [0.3, 0.4) is 0 Å². The van der Waals surface area contributed by atoms with Gasteiger partial charge in [0, 0.05) is 12.8 Å². The fraction of sp³-hybridized carbons (Fsp3) is 0.500. The summed E-state index contributed by atoms with van der Waals surface area (Å²) in [5.41, 5.74) is 0. The zero-order valence-electron chi connectivity index (χ0n) is 14.3. The number of carboxylic acid groups (broad SMARTS) is 4. The molecule has 28 heavy (non-hydrogen) atoms. The number of carbonyl (C=O) groups is 4. The van der Waals surface area contributed by atoms with Gasteiger partial charge in [-0.05, 0) is 12.8 Å². The zero-order valence-corrected chi connectivity index (χ0v) is 19.4. The molecule has 2 unspecified atom stereocenters. The van der Waals surface area contributed by atoms with Crippen LogP contribution in [0.15, 0.2) is 0 Å². The van der Waals surface area contributed by atoms with Gasteiger partial charge in [0.25, 0.3) is 0 Å². The lowest BCUT2D eigenvalue weighted by Gasteiger charge is -2.08. The predicted molar refractivity (Wildman–Crippen MR) is 125 cm³/mol. The number of rotatable bonds is 10. The van der Waals surface area contributed by atoms with Gasteiger partial charge in [0.15, 0.2) is 0 Å². The second-order valence-electron chi connectivity index (χ2n) is 4.29. The number of thioether (sulfide) groups is 2. The third-order valence-electron chi connectivity index (χ3n) is 2.28. The molecule has 2 atom stereocenters. The van der Waals surface area contributed by atoms with Crippen LogP contribution >= 0.6 is 73.2 Å². The van der Waals surface area contributed by atoms with E-state index in [0.29, 0.717) is 0 Å². The largest absolute Gasteiger partial charge is 0.481 e. The fourth-order valence-electron chi connectivity index (χ4n) is 1.22. The highest BCUT2D eigenvalue weighted by Crippen LogP contribution is 2.21. The van der Waals surface area contributed by atoms with E-state index in [-0.39, 0.29) is 45.0 Å². The maximum absolute atomic E-state index is 10.5. The molecule has 0 aliphatic carbocycles. The van der Waals surface area contributed by atoms with Gasteiger partial charge in [0.05, 0.1) is 0 Å². The van der Waals surface area contributed by atoms with Crippen molar-refractivity contribution < 1.29 is 39.6 Å². The summed E-state index contributed by atoms with van der Waals surface area (Å²) in [7, 11) is 0. The van der Waals surface area contributed by atoms with Gasteiger partial charge in [-0.15, -0.1) is 25.3 Å². The molecule has 0 heterocycles. The summed E-state index contributed by atoms with van der Waals surface area (Å²) in [5, 5.41) is 32.3. The van der Waals surface area contributed by atoms with Crippen molar-refractivity contribution in [1.82, 2.24) is 12.3 Å². The van der Waals surface area contributed by atoms with Gasteiger partial charge in [0.1, 0.15) is 17.6 Å². The highest BCUT2D eigenvalue weighted by Gasteiger charge is 2.20. The Balaban J connectivity index is -0.000000192. The van der Waals surface area contributed by atoms with E-state index in [4.69, 9.17) is 20.4 Å². The second kappa shape index (κ2) is 19.7. The maximum Gasteiger partial charge on any atom is 0.317 e. The Morgan fingerprint density at radius 1 is 0.714 bits per heavy atom. The van der Waals surface area contributed by atoms with Gasteiger partial charge in [-0.3, -0.25) is 19.2 Å². The van der Waals surface area contributed by atoms with Crippen molar-refractivity contribution in [3.63, 3.8) is 0 Å². The summed E-state index contributed by atoms with van der Waals surface area (Å²) >= 11 is 18.5. The molecule has 10 nitrogen and oxygen atoms in total. The number of thiocarbonyl (C=S) groups is 2. The normalized spacial score (nSPS) is 11.2. The molecule has 10 N–H and O–H groups in total. The van der Waals surface area contributed by atoms with Crippen LogP contribution in [0.25, 0.3) is 0 Å². The quantitative estimate of drug-likeness (QED) is 0.155. The van der Waals surface area contributed by atoms with Crippen LogP contribution < -0.4 is 12.3 Å². The van der Waals surface area contributed by atoms with Gasteiger partial charge in [-0.2, -0.15) is 0 Å². The van der Waals surface area contributed by atoms with Crippen molar-refractivity contribution >= 4 is 104 Å². The molecule has 0 saturated carbocycles. The summed E-state index contributed by atoms with van der Waals surface area (Å²) in [6, 6.07) is 0.